The molecule has 1 heterocycles. The molecule has 0 aliphatic rings. The van der Waals surface area contributed by atoms with Gasteiger partial charge in [0.25, 0.3) is 5.56 Å². The lowest BCUT2D eigenvalue weighted by molar-refractivity contribution is 0.800. The summed E-state index contributed by atoms with van der Waals surface area (Å²) in [7, 11) is 0. The number of nitrogens with zero attached hydrogens (tertiary/aromatic N) is 2. The highest BCUT2D eigenvalue weighted by Gasteiger charge is 2.11. The van der Waals surface area contributed by atoms with Crippen LogP contribution >= 0.6 is 35.0 Å². The number of benzene rings is 1. The number of hydrogen-bond acceptors (Lipinski definition) is 4. The number of anilines is 1. The zero-order valence-electron chi connectivity index (χ0n) is 13.1. The van der Waals surface area contributed by atoms with Gasteiger partial charge in [-0.3, -0.25) is 4.79 Å². The lowest BCUT2D eigenvalue weighted by Crippen LogP contribution is -2.23. The van der Waals surface area contributed by atoms with Crippen molar-refractivity contribution in [2.45, 2.75) is 19.8 Å². The van der Waals surface area contributed by atoms with E-state index in [0.717, 1.165) is 30.7 Å². The highest BCUT2D eigenvalue weighted by molar-refractivity contribution is 7.98. The first-order valence-electron chi connectivity index (χ1n) is 7.31. The standard InChI is InChI=1S/C16H19Cl2N3OS/c1-11-5-6-12(9-13(11)17)21-16(22)15(18)14(10-20-21)19-7-3-4-8-23-2/h5-6,9-10,19H,3-4,7-8H2,1-2H3. The van der Waals surface area contributed by atoms with Crippen LogP contribution < -0.4 is 10.9 Å². The molecular formula is C16H19Cl2N3OS. The van der Waals surface area contributed by atoms with E-state index in [4.69, 9.17) is 23.2 Å². The summed E-state index contributed by atoms with van der Waals surface area (Å²) in [5.41, 5.74) is 1.74. The molecule has 0 bridgehead atoms. The van der Waals surface area contributed by atoms with Crippen molar-refractivity contribution in [3.63, 3.8) is 0 Å². The van der Waals surface area contributed by atoms with Gasteiger partial charge in [0.15, 0.2) is 0 Å². The van der Waals surface area contributed by atoms with E-state index in [1.54, 1.807) is 18.3 Å². The Morgan fingerprint density at radius 1 is 1.30 bits per heavy atom. The molecule has 1 N–H and O–H groups in total. The minimum atomic E-state index is -0.360. The van der Waals surface area contributed by atoms with Crippen molar-refractivity contribution in [1.82, 2.24) is 9.78 Å². The van der Waals surface area contributed by atoms with E-state index in [0.29, 0.717) is 16.4 Å². The molecule has 7 heteroatoms. The zero-order valence-corrected chi connectivity index (χ0v) is 15.4. The monoisotopic (exact) mass is 371 g/mol. The molecule has 0 aliphatic carbocycles. The predicted molar refractivity (Wildman–Crippen MR) is 101 cm³/mol. The summed E-state index contributed by atoms with van der Waals surface area (Å²) in [4.78, 5) is 12.4. The maximum atomic E-state index is 12.4. The second-order valence-electron chi connectivity index (χ2n) is 5.15. The van der Waals surface area contributed by atoms with E-state index in [2.05, 4.69) is 16.7 Å². The van der Waals surface area contributed by atoms with Crippen LogP contribution in [0.5, 0.6) is 0 Å². The number of hydrogen-bond donors (Lipinski definition) is 1. The molecule has 1 aromatic carbocycles. The molecular weight excluding hydrogens is 353 g/mol. The summed E-state index contributed by atoms with van der Waals surface area (Å²) in [6.45, 7) is 2.67. The Morgan fingerprint density at radius 2 is 2.09 bits per heavy atom. The van der Waals surface area contributed by atoms with E-state index >= 15 is 0 Å². The van der Waals surface area contributed by atoms with Gasteiger partial charge in [-0.1, -0.05) is 29.3 Å². The maximum Gasteiger partial charge on any atom is 0.292 e. The molecule has 0 amide bonds. The van der Waals surface area contributed by atoms with Gasteiger partial charge in [-0.15, -0.1) is 0 Å². The van der Waals surface area contributed by atoms with Crippen LogP contribution in [0.2, 0.25) is 10.0 Å². The van der Waals surface area contributed by atoms with Crippen LogP contribution in [0, 0.1) is 6.92 Å². The fraction of sp³-hybridized carbons (Fsp3) is 0.375. The number of thioether (sulfide) groups is 1. The van der Waals surface area contributed by atoms with E-state index in [1.165, 1.54) is 4.68 Å². The lowest BCUT2D eigenvalue weighted by atomic mass is 10.2. The van der Waals surface area contributed by atoms with Gasteiger partial charge >= 0.3 is 0 Å². The molecule has 0 saturated carbocycles. The molecule has 124 valence electrons. The van der Waals surface area contributed by atoms with Crippen molar-refractivity contribution < 1.29 is 0 Å². The molecule has 0 atom stereocenters. The molecule has 1 aromatic heterocycles. The third kappa shape index (κ3) is 4.66. The van der Waals surface area contributed by atoms with Crippen molar-refractivity contribution in [3.8, 4) is 5.69 Å². The number of aryl methyl sites for hydroxylation is 1. The molecule has 0 unspecified atom stereocenters. The molecule has 0 spiro atoms. The SMILES string of the molecule is CSCCCCNc1cnn(-c2ccc(C)c(Cl)c2)c(=O)c1Cl. The van der Waals surface area contributed by atoms with Gasteiger partial charge in [-0.05, 0) is 49.5 Å². The van der Waals surface area contributed by atoms with Gasteiger partial charge in [0.05, 0.1) is 17.6 Å². The topological polar surface area (TPSA) is 46.9 Å². The van der Waals surface area contributed by atoms with Crippen LogP contribution in [0.3, 0.4) is 0 Å². The van der Waals surface area contributed by atoms with Crippen molar-refractivity contribution in [1.29, 1.82) is 0 Å². The Balaban J connectivity index is 2.17. The molecule has 0 fully saturated rings. The summed E-state index contributed by atoms with van der Waals surface area (Å²) in [5, 5.41) is 8.09. The Hall–Kier alpha value is -1.17. The molecule has 2 aromatic rings. The van der Waals surface area contributed by atoms with Gasteiger partial charge in [0.1, 0.15) is 5.02 Å². The van der Waals surface area contributed by atoms with E-state index in [1.807, 2.05) is 24.8 Å². The van der Waals surface area contributed by atoms with Crippen LogP contribution in [-0.4, -0.2) is 28.3 Å². The Bertz CT molecular complexity index is 734. The molecule has 4 nitrogen and oxygen atoms in total. The Kier molecular flexibility index (Phi) is 6.81. The highest BCUT2D eigenvalue weighted by atomic mass is 35.5. The number of rotatable bonds is 7. The summed E-state index contributed by atoms with van der Waals surface area (Å²) >= 11 is 14.1. The third-order valence-corrected chi connectivity index (χ3v) is 4.88. The number of halogens is 2. The number of aromatic nitrogens is 2. The van der Waals surface area contributed by atoms with Crippen LogP contribution in [0.4, 0.5) is 5.69 Å². The summed E-state index contributed by atoms with van der Waals surface area (Å²) < 4.78 is 1.26. The number of nitrogens with one attached hydrogen (secondary N) is 1. The molecule has 0 aliphatic heterocycles. The highest BCUT2D eigenvalue weighted by Crippen LogP contribution is 2.20. The third-order valence-electron chi connectivity index (χ3n) is 3.41. The first-order valence-corrected chi connectivity index (χ1v) is 9.46. The van der Waals surface area contributed by atoms with Crippen molar-refractivity contribution >= 4 is 40.7 Å². The molecule has 0 saturated heterocycles. The molecule has 23 heavy (non-hydrogen) atoms. The van der Waals surface area contributed by atoms with Crippen molar-refractivity contribution in [3.05, 3.63) is 50.4 Å². The van der Waals surface area contributed by atoms with Gasteiger partial charge in [-0.2, -0.15) is 21.5 Å². The normalized spacial score (nSPS) is 10.8. The smallest absolute Gasteiger partial charge is 0.292 e. The average Bonchev–Trinajstić information content (AvgIpc) is 2.54. The second kappa shape index (κ2) is 8.62. The predicted octanol–water partition coefficient (Wildman–Crippen LogP) is 4.40. The van der Waals surface area contributed by atoms with Gasteiger partial charge in [0, 0.05) is 11.6 Å². The Morgan fingerprint density at radius 3 is 2.78 bits per heavy atom. The van der Waals surface area contributed by atoms with E-state index in [-0.39, 0.29) is 10.6 Å². The zero-order chi connectivity index (χ0) is 16.8. The fourth-order valence-corrected chi connectivity index (χ4v) is 2.91. The van der Waals surface area contributed by atoms with Crippen LogP contribution in [0.25, 0.3) is 5.69 Å². The minimum Gasteiger partial charge on any atom is -0.382 e. The van der Waals surface area contributed by atoms with Gasteiger partial charge < -0.3 is 5.32 Å². The van der Waals surface area contributed by atoms with Crippen molar-refractivity contribution in [2.75, 3.05) is 23.9 Å². The van der Waals surface area contributed by atoms with E-state index < -0.39 is 0 Å². The quantitative estimate of drug-likeness (QED) is 0.732. The number of unbranched alkanes of at least 4 members (excludes halogenated alkanes) is 1. The first-order chi connectivity index (χ1) is 11.0. The second-order valence-corrected chi connectivity index (χ2v) is 6.92. The summed E-state index contributed by atoms with van der Waals surface area (Å²) in [6, 6.07) is 5.34. The Labute approximate surface area is 150 Å². The largest absolute Gasteiger partial charge is 0.382 e. The van der Waals surface area contributed by atoms with Crippen LogP contribution in [0.15, 0.2) is 29.2 Å². The van der Waals surface area contributed by atoms with Crippen LogP contribution in [0.1, 0.15) is 18.4 Å². The van der Waals surface area contributed by atoms with Gasteiger partial charge in [-0.25, -0.2) is 0 Å². The van der Waals surface area contributed by atoms with Crippen molar-refractivity contribution in [2.24, 2.45) is 0 Å². The first kappa shape index (κ1) is 18.2. The minimum absolute atomic E-state index is 0.140. The molecule has 0 radical (unpaired) electrons. The summed E-state index contributed by atoms with van der Waals surface area (Å²) in [5.74, 6) is 1.13. The van der Waals surface area contributed by atoms with Gasteiger partial charge in [0.2, 0.25) is 0 Å². The molecule has 2 rings (SSSR count). The van der Waals surface area contributed by atoms with E-state index in [9.17, 15) is 4.79 Å². The maximum absolute atomic E-state index is 12.4. The summed E-state index contributed by atoms with van der Waals surface area (Å²) in [6.07, 6.45) is 5.81. The average molecular weight is 372 g/mol. The van der Waals surface area contributed by atoms with Crippen LogP contribution in [-0.2, 0) is 0 Å². The fourth-order valence-electron chi connectivity index (χ4n) is 2.05. The lowest BCUT2D eigenvalue weighted by Gasteiger charge is -2.11.